The number of urea groups is 1. The summed E-state index contributed by atoms with van der Waals surface area (Å²) in [5, 5.41) is 13.7. The second-order valence-electron chi connectivity index (χ2n) is 6.60. The van der Waals surface area contributed by atoms with Gasteiger partial charge in [-0.3, -0.25) is 0 Å². The van der Waals surface area contributed by atoms with Crippen LogP contribution in [0.15, 0.2) is 59.3 Å². The molecule has 6 heteroatoms. The van der Waals surface area contributed by atoms with Crippen molar-refractivity contribution in [3.63, 3.8) is 0 Å². The zero-order valence-electron chi connectivity index (χ0n) is 14.5. The van der Waals surface area contributed by atoms with E-state index in [1.807, 2.05) is 43.3 Å². The molecule has 1 atom stereocenters. The smallest absolute Gasteiger partial charge is 0.319 e. The number of benzene rings is 2. The molecule has 1 heterocycles. The normalized spacial score (nSPS) is 14.7. The third-order valence-electron chi connectivity index (χ3n) is 4.63. The molecule has 1 saturated carbocycles. The van der Waals surface area contributed by atoms with E-state index in [9.17, 15) is 4.79 Å². The number of hydrogen-bond donors (Lipinski definition) is 2. The molecule has 4 rings (SSSR count). The summed E-state index contributed by atoms with van der Waals surface area (Å²) in [6.45, 7) is 1.95. The fraction of sp³-hybridized carbons (Fsp3) is 0.250. The lowest BCUT2D eigenvalue weighted by molar-refractivity contribution is 0.247. The minimum absolute atomic E-state index is 0.0376. The Morgan fingerprint density at radius 2 is 2.00 bits per heavy atom. The van der Waals surface area contributed by atoms with Gasteiger partial charge in [0.05, 0.1) is 6.04 Å². The molecule has 132 valence electrons. The maximum absolute atomic E-state index is 12.6. The van der Waals surface area contributed by atoms with Gasteiger partial charge in [-0.25, -0.2) is 4.79 Å². The maximum atomic E-state index is 12.6. The summed E-state index contributed by atoms with van der Waals surface area (Å²) in [6.07, 6.45) is 3.58. The highest BCUT2D eigenvalue weighted by molar-refractivity contribution is 5.91. The molecule has 1 unspecified atom stereocenters. The van der Waals surface area contributed by atoms with Gasteiger partial charge in [-0.05, 0) is 48.9 Å². The Bertz CT molecular complexity index is 889. The molecule has 3 aromatic rings. The number of carbonyl (C=O) groups is 1. The summed E-state index contributed by atoms with van der Waals surface area (Å²) in [4.78, 5) is 12.6. The van der Waals surface area contributed by atoms with E-state index in [4.69, 9.17) is 4.42 Å². The van der Waals surface area contributed by atoms with Crippen molar-refractivity contribution in [2.24, 2.45) is 5.92 Å². The number of aryl methyl sites for hydroxylation is 1. The van der Waals surface area contributed by atoms with Crippen LogP contribution in [0.1, 0.15) is 30.0 Å². The third kappa shape index (κ3) is 3.59. The molecule has 1 aliphatic rings. The number of rotatable bonds is 5. The van der Waals surface area contributed by atoms with Crippen LogP contribution >= 0.6 is 0 Å². The van der Waals surface area contributed by atoms with E-state index in [0.29, 0.717) is 11.8 Å². The predicted molar refractivity (Wildman–Crippen MR) is 98.5 cm³/mol. The van der Waals surface area contributed by atoms with Crippen LogP contribution in [-0.2, 0) is 0 Å². The number of aromatic nitrogens is 2. The van der Waals surface area contributed by atoms with Crippen molar-refractivity contribution >= 4 is 11.7 Å². The Labute approximate surface area is 151 Å². The Kier molecular flexibility index (Phi) is 4.39. The number of anilines is 1. The quantitative estimate of drug-likeness (QED) is 0.720. The van der Waals surface area contributed by atoms with E-state index < -0.39 is 0 Å². The van der Waals surface area contributed by atoms with Crippen molar-refractivity contribution in [1.29, 1.82) is 0 Å². The van der Waals surface area contributed by atoms with Crippen molar-refractivity contribution in [3.05, 3.63) is 66.1 Å². The Morgan fingerprint density at radius 1 is 1.19 bits per heavy atom. The molecular formula is C20H20N4O2. The minimum Gasteiger partial charge on any atom is -0.423 e. The van der Waals surface area contributed by atoms with E-state index in [0.717, 1.165) is 35.2 Å². The van der Waals surface area contributed by atoms with Crippen LogP contribution in [0.3, 0.4) is 0 Å². The molecule has 0 radical (unpaired) electrons. The third-order valence-corrected chi connectivity index (χ3v) is 4.63. The van der Waals surface area contributed by atoms with Crippen LogP contribution in [0.4, 0.5) is 10.5 Å². The highest BCUT2D eigenvalue weighted by Crippen LogP contribution is 2.41. The van der Waals surface area contributed by atoms with Crippen LogP contribution in [0.5, 0.6) is 0 Å². The lowest BCUT2D eigenvalue weighted by Gasteiger charge is -2.20. The second-order valence-corrected chi connectivity index (χ2v) is 6.60. The molecule has 0 spiro atoms. The lowest BCUT2D eigenvalue weighted by atomic mass is 10.0. The molecule has 0 bridgehead atoms. The predicted octanol–water partition coefficient (Wildman–Crippen LogP) is 4.32. The molecule has 26 heavy (non-hydrogen) atoms. The average molecular weight is 348 g/mol. The summed E-state index contributed by atoms with van der Waals surface area (Å²) < 4.78 is 5.23. The Hall–Kier alpha value is -3.15. The van der Waals surface area contributed by atoms with E-state index in [-0.39, 0.29) is 12.1 Å². The van der Waals surface area contributed by atoms with Crippen molar-refractivity contribution in [2.75, 3.05) is 5.32 Å². The molecule has 1 aliphatic carbocycles. The molecule has 0 aliphatic heterocycles. The lowest BCUT2D eigenvalue weighted by Crippen LogP contribution is -2.33. The number of carbonyl (C=O) groups excluding carboxylic acids is 1. The summed E-state index contributed by atoms with van der Waals surface area (Å²) in [6, 6.07) is 15.6. The zero-order valence-corrected chi connectivity index (χ0v) is 14.5. The first-order valence-corrected chi connectivity index (χ1v) is 8.70. The van der Waals surface area contributed by atoms with Crippen molar-refractivity contribution in [2.45, 2.75) is 25.8 Å². The van der Waals surface area contributed by atoms with Gasteiger partial charge in [0.25, 0.3) is 0 Å². The summed E-state index contributed by atoms with van der Waals surface area (Å²) in [7, 11) is 0. The van der Waals surface area contributed by atoms with Gasteiger partial charge in [0.15, 0.2) is 0 Å². The largest absolute Gasteiger partial charge is 0.423 e. The van der Waals surface area contributed by atoms with Gasteiger partial charge in [-0.2, -0.15) is 0 Å². The molecular weight excluding hydrogens is 328 g/mol. The molecule has 6 nitrogen and oxygen atoms in total. The fourth-order valence-corrected chi connectivity index (χ4v) is 3.05. The molecule has 2 amide bonds. The Morgan fingerprint density at radius 3 is 2.69 bits per heavy atom. The number of amides is 2. The number of nitrogens with one attached hydrogen (secondary N) is 2. The maximum Gasteiger partial charge on any atom is 0.319 e. The molecule has 1 aromatic heterocycles. The zero-order chi connectivity index (χ0) is 17.9. The van der Waals surface area contributed by atoms with Gasteiger partial charge in [-0.1, -0.05) is 36.4 Å². The van der Waals surface area contributed by atoms with Crippen LogP contribution in [0.2, 0.25) is 0 Å². The topological polar surface area (TPSA) is 80.1 Å². The number of nitrogens with zero attached hydrogens (tertiary/aromatic N) is 2. The average Bonchev–Trinajstić information content (AvgIpc) is 3.35. The Balaban J connectivity index is 1.50. The van der Waals surface area contributed by atoms with Crippen LogP contribution in [-0.4, -0.2) is 16.2 Å². The van der Waals surface area contributed by atoms with Crippen LogP contribution < -0.4 is 10.6 Å². The highest BCUT2D eigenvalue weighted by atomic mass is 16.4. The van der Waals surface area contributed by atoms with Crippen molar-refractivity contribution < 1.29 is 9.21 Å². The van der Waals surface area contributed by atoms with Gasteiger partial charge in [-0.15, -0.1) is 10.2 Å². The van der Waals surface area contributed by atoms with Gasteiger partial charge in [0.1, 0.15) is 0 Å². The van der Waals surface area contributed by atoms with Gasteiger partial charge in [0.2, 0.25) is 12.3 Å². The molecule has 0 saturated heterocycles. The van der Waals surface area contributed by atoms with Gasteiger partial charge < -0.3 is 15.1 Å². The fourth-order valence-electron chi connectivity index (χ4n) is 3.05. The molecule has 2 N–H and O–H groups in total. The first kappa shape index (κ1) is 16.3. The molecule has 1 fully saturated rings. The summed E-state index contributed by atoms with van der Waals surface area (Å²) in [5.41, 5.74) is 3.60. The van der Waals surface area contributed by atoms with Crippen LogP contribution in [0, 0.1) is 12.8 Å². The summed E-state index contributed by atoms with van der Waals surface area (Å²) >= 11 is 0. The SMILES string of the molecule is Cc1ccc(-c2nnco2)cc1NC(=O)NC(c1ccccc1)C1CC1. The van der Waals surface area contributed by atoms with Crippen molar-refractivity contribution in [1.82, 2.24) is 15.5 Å². The summed E-state index contributed by atoms with van der Waals surface area (Å²) in [5.74, 6) is 0.933. The molecule has 2 aromatic carbocycles. The minimum atomic E-state index is -0.212. The second kappa shape index (κ2) is 7.00. The van der Waals surface area contributed by atoms with Crippen LogP contribution in [0.25, 0.3) is 11.5 Å². The van der Waals surface area contributed by atoms with Crippen molar-refractivity contribution in [3.8, 4) is 11.5 Å². The van der Waals surface area contributed by atoms with E-state index in [2.05, 4.69) is 33.0 Å². The standard InChI is InChI=1S/C20H20N4O2/c1-13-7-8-16(19-24-21-12-26-19)11-17(13)22-20(25)23-18(15-9-10-15)14-5-3-2-4-6-14/h2-8,11-12,15,18H,9-10H2,1H3,(H2,22,23,25). The number of hydrogen-bond acceptors (Lipinski definition) is 4. The monoisotopic (exact) mass is 348 g/mol. The van der Waals surface area contributed by atoms with Gasteiger partial charge in [0, 0.05) is 11.3 Å². The van der Waals surface area contributed by atoms with E-state index in [1.165, 1.54) is 6.39 Å². The van der Waals surface area contributed by atoms with E-state index in [1.54, 1.807) is 0 Å². The van der Waals surface area contributed by atoms with Gasteiger partial charge >= 0.3 is 6.03 Å². The first-order chi connectivity index (χ1) is 12.7. The first-order valence-electron chi connectivity index (χ1n) is 8.70. The van der Waals surface area contributed by atoms with E-state index >= 15 is 0 Å². The highest BCUT2D eigenvalue weighted by Gasteiger charge is 2.33.